The van der Waals surface area contributed by atoms with Crippen LogP contribution in [0, 0.1) is 13.8 Å². The van der Waals surface area contributed by atoms with Gasteiger partial charge < -0.3 is 11.1 Å². The number of anilines is 1. The van der Waals surface area contributed by atoms with E-state index in [0.717, 1.165) is 32.6 Å². The third-order valence-electron chi connectivity index (χ3n) is 4.16. The molecule has 0 heterocycles. The zero-order valence-corrected chi connectivity index (χ0v) is 14.8. The molecule has 22 heavy (non-hydrogen) atoms. The predicted molar refractivity (Wildman–Crippen MR) is 97.2 cm³/mol. The molecule has 0 saturated heterocycles. The Bertz CT molecular complexity index is 395. The van der Waals surface area contributed by atoms with Crippen LogP contribution in [0.5, 0.6) is 0 Å². The molecule has 0 aromatic heterocycles. The summed E-state index contributed by atoms with van der Waals surface area (Å²) in [6.07, 6.45) is 3.65. The van der Waals surface area contributed by atoms with E-state index in [2.05, 4.69) is 61.4 Å². The Labute approximate surface area is 136 Å². The van der Waals surface area contributed by atoms with Gasteiger partial charge >= 0.3 is 0 Å². The molecule has 0 fully saturated rings. The molecule has 1 unspecified atom stereocenters. The van der Waals surface area contributed by atoms with Gasteiger partial charge in [0, 0.05) is 5.69 Å². The van der Waals surface area contributed by atoms with Gasteiger partial charge in [-0.15, -0.1) is 0 Å². The lowest BCUT2D eigenvalue weighted by molar-refractivity contribution is 0.203. The Morgan fingerprint density at radius 3 is 2.23 bits per heavy atom. The van der Waals surface area contributed by atoms with Gasteiger partial charge in [0.25, 0.3) is 0 Å². The monoisotopic (exact) mass is 306 g/mol. The SMILES string of the molecule is CCN(CC)C(NCCCCCN)Nc1c(C)cccc1C. The molecular formula is C18H34N4. The lowest BCUT2D eigenvalue weighted by Gasteiger charge is -2.33. The summed E-state index contributed by atoms with van der Waals surface area (Å²) in [5.41, 5.74) is 9.39. The number of aryl methyl sites for hydroxylation is 2. The fourth-order valence-corrected chi connectivity index (χ4v) is 2.72. The Kier molecular flexibility index (Phi) is 9.13. The Morgan fingerprint density at radius 1 is 1.05 bits per heavy atom. The summed E-state index contributed by atoms with van der Waals surface area (Å²) in [7, 11) is 0. The van der Waals surface area contributed by atoms with Gasteiger partial charge in [-0.3, -0.25) is 10.2 Å². The van der Waals surface area contributed by atoms with E-state index in [0.29, 0.717) is 0 Å². The third kappa shape index (κ3) is 5.95. The van der Waals surface area contributed by atoms with E-state index in [9.17, 15) is 0 Å². The van der Waals surface area contributed by atoms with E-state index in [1.807, 2.05) is 0 Å². The van der Waals surface area contributed by atoms with Crippen molar-refractivity contribution in [2.24, 2.45) is 5.73 Å². The van der Waals surface area contributed by atoms with Crippen LogP contribution in [-0.4, -0.2) is 37.4 Å². The minimum atomic E-state index is 0.174. The summed E-state index contributed by atoms with van der Waals surface area (Å²) in [4.78, 5) is 2.41. The summed E-state index contributed by atoms with van der Waals surface area (Å²) in [6.45, 7) is 12.6. The maximum atomic E-state index is 5.56. The maximum Gasteiger partial charge on any atom is 0.134 e. The summed E-state index contributed by atoms with van der Waals surface area (Å²) in [6, 6.07) is 6.44. The second kappa shape index (κ2) is 10.6. The molecule has 4 N–H and O–H groups in total. The van der Waals surface area contributed by atoms with Crippen molar-refractivity contribution in [3.8, 4) is 0 Å². The van der Waals surface area contributed by atoms with Crippen molar-refractivity contribution in [1.82, 2.24) is 10.2 Å². The molecule has 1 rings (SSSR count). The van der Waals surface area contributed by atoms with Crippen molar-refractivity contribution >= 4 is 5.69 Å². The topological polar surface area (TPSA) is 53.3 Å². The van der Waals surface area contributed by atoms with Crippen LogP contribution in [0.25, 0.3) is 0 Å². The first kappa shape index (κ1) is 18.9. The molecule has 0 spiro atoms. The first-order valence-corrected chi connectivity index (χ1v) is 8.64. The summed E-state index contributed by atoms with van der Waals surface area (Å²) < 4.78 is 0. The molecule has 0 aliphatic heterocycles. The van der Waals surface area contributed by atoms with Crippen molar-refractivity contribution in [1.29, 1.82) is 0 Å². The lowest BCUT2D eigenvalue weighted by Crippen LogP contribution is -2.51. The highest BCUT2D eigenvalue weighted by atomic mass is 15.4. The number of unbranched alkanes of at least 4 members (excludes halogenated alkanes) is 2. The van der Waals surface area contributed by atoms with Crippen LogP contribution in [0.3, 0.4) is 0 Å². The number of hydrogen-bond acceptors (Lipinski definition) is 4. The van der Waals surface area contributed by atoms with Gasteiger partial charge in [0.15, 0.2) is 0 Å². The predicted octanol–water partition coefficient (Wildman–Crippen LogP) is 3.06. The fourth-order valence-electron chi connectivity index (χ4n) is 2.72. The van der Waals surface area contributed by atoms with Gasteiger partial charge in [-0.2, -0.15) is 0 Å². The second-order valence-electron chi connectivity index (χ2n) is 5.84. The van der Waals surface area contributed by atoms with Crippen molar-refractivity contribution in [2.75, 3.05) is 31.5 Å². The number of nitrogens with one attached hydrogen (secondary N) is 2. The molecule has 0 amide bonds. The minimum Gasteiger partial charge on any atom is -0.357 e. The molecule has 1 atom stereocenters. The molecule has 0 saturated carbocycles. The fraction of sp³-hybridized carbons (Fsp3) is 0.667. The second-order valence-corrected chi connectivity index (χ2v) is 5.84. The first-order valence-electron chi connectivity index (χ1n) is 8.64. The van der Waals surface area contributed by atoms with E-state index in [1.165, 1.54) is 29.7 Å². The minimum absolute atomic E-state index is 0.174. The highest BCUT2D eigenvalue weighted by Crippen LogP contribution is 2.20. The molecule has 4 nitrogen and oxygen atoms in total. The molecule has 0 aliphatic carbocycles. The van der Waals surface area contributed by atoms with Crippen LogP contribution in [0.15, 0.2) is 18.2 Å². The Balaban J connectivity index is 2.69. The summed E-state index contributed by atoms with van der Waals surface area (Å²) in [5, 5.41) is 7.36. The largest absolute Gasteiger partial charge is 0.357 e. The highest BCUT2D eigenvalue weighted by Gasteiger charge is 2.16. The normalized spacial score (nSPS) is 12.6. The number of nitrogens with two attached hydrogens (primary N) is 1. The van der Waals surface area contributed by atoms with Crippen LogP contribution in [-0.2, 0) is 0 Å². The number of benzene rings is 1. The molecule has 0 radical (unpaired) electrons. The van der Waals surface area contributed by atoms with Gasteiger partial charge in [0.05, 0.1) is 0 Å². The molecule has 1 aromatic carbocycles. The average molecular weight is 306 g/mol. The van der Waals surface area contributed by atoms with Gasteiger partial charge in [0.1, 0.15) is 6.29 Å². The van der Waals surface area contributed by atoms with Crippen LogP contribution < -0.4 is 16.4 Å². The van der Waals surface area contributed by atoms with Gasteiger partial charge in [-0.1, -0.05) is 38.5 Å². The molecule has 126 valence electrons. The third-order valence-corrected chi connectivity index (χ3v) is 4.16. The van der Waals surface area contributed by atoms with Crippen LogP contribution in [0.2, 0.25) is 0 Å². The van der Waals surface area contributed by atoms with Crippen LogP contribution >= 0.6 is 0 Å². The van der Waals surface area contributed by atoms with Crippen molar-refractivity contribution in [2.45, 2.75) is 53.2 Å². The summed E-state index contributed by atoms with van der Waals surface area (Å²) in [5.74, 6) is 0. The van der Waals surface area contributed by atoms with E-state index in [1.54, 1.807) is 0 Å². The molecule has 0 aliphatic rings. The number of nitrogens with zero attached hydrogens (tertiary/aromatic N) is 1. The number of hydrogen-bond donors (Lipinski definition) is 3. The van der Waals surface area contributed by atoms with Crippen molar-refractivity contribution in [3.05, 3.63) is 29.3 Å². The van der Waals surface area contributed by atoms with E-state index in [-0.39, 0.29) is 6.29 Å². The Hall–Kier alpha value is -1.10. The molecule has 1 aromatic rings. The first-order chi connectivity index (χ1) is 10.6. The zero-order valence-electron chi connectivity index (χ0n) is 14.8. The van der Waals surface area contributed by atoms with Crippen LogP contribution in [0.1, 0.15) is 44.2 Å². The number of para-hydroxylation sites is 1. The Morgan fingerprint density at radius 2 is 1.68 bits per heavy atom. The molecule has 0 bridgehead atoms. The van der Waals surface area contributed by atoms with Gasteiger partial charge in [-0.05, 0) is 64.0 Å². The van der Waals surface area contributed by atoms with Crippen LogP contribution in [0.4, 0.5) is 5.69 Å². The standard InChI is InChI=1S/C18H34N4/c1-5-22(6-2)18(20-14-9-7-8-13-19)21-17-15(3)11-10-12-16(17)4/h10-12,18,20-21H,5-9,13-14,19H2,1-4H3. The van der Waals surface area contributed by atoms with E-state index in [4.69, 9.17) is 5.73 Å². The number of rotatable bonds is 11. The van der Waals surface area contributed by atoms with Crippen molar-refractivity contribution < 1.29 is 0 Å². The lowest BCUT2D eigenvalue weighted by atomic mass is 10.1. The average Bonchev–Trinajstić information content (AvgIpc) is 2.51. The quantitative estimate of drug-likeness (QED) is 0.434. The summed E-state index contributed by atoms with van der Waals surface area (Å²) >= 11 is 0. The highest BCUT2D eigenvalue weighted by molar-refractivity contribution is 5.57. The van der Waals surface area contributed by atoms with Gasteiger partial charge in [-0.25, -0.2) is 0 Å². The van der Waals surface area contributed by atoms with Crippen molar-refractivity contribution in [3.63, 3.8) is 0 Å². The van der Waals surface area contributed by atoms with E-state index >= 15 is 0 Å². The van der Waals surface area contributed by atoms with E-state index < -0.39 is 0 Å². The molecular weight excluding hydrogens is 272 g/mol. The van der Waals surface area contributed by atoms with Gasteiger partial charge in [0.2, 0.25) is 0 Å². The maximum absolute atomic E-state index is 5.56. The molecule has 4 heteroatoms. The smallest absolute Gasteiger partial charge is 0.134 e. The zero-order chi connectivity index (χ0) is 16.4.